The highest BCUT2D eigenvalue weighted by Crippen LogP contribution is 2.44. The second-order valence-electron chi connectivity index (χ2n) is 7.37. The van der Waals surface area contributed by atoms with Gasteiger partial charge in [0, 0.05) is 24.2 Å². The number of hydrogen-bond acceptors (Lipinski definition) is 5. The molecule has 2 aliphatic carbocycles. The van der Waals surface area contributed by atoms with E-state index in [2.05, 4.69) is 25.8 Å². The summed E-state index contributed by atoms with van der Waals surface area (Å²) >= 11 is 1.33. The highest BCUT2D eigenvalue weighted by atomic mass is 32.2. The van der Waals surface area contributed by atoms with E-state index in [-0.39, 0.29) is 11.8 Å². The molecule has 0 saturated heterocycles. The van der Waals surface area contributed by atoms with Crippen LogP contribution < -0.4 is 10.6 Å². The van der Waals surface area contributed by atoms with Gasteiger partial charge in [-0.05, 0) is 43.2 Å². The number of fused-ring (bicyclic) bond motifs is 2. The van der Waals surface area contributed by atoms with Crippen LogP contribution >= 0.6 is 11.8 Å². The van der Waals surface area contributed by atoms with Crippen molar-refractivity contribution in [1.29, 1.82) is 0 Å². The van der Waals surface area contributed by atoms with Crippen molar-refractivity contribution in [2.24, 2.45) is 11.8 Å². The van der Waals surface area contributed by atoms with Crippen LogP contribution in [0, 0.1) is 11.8 Å². The normalized spacial score (nSPS) is 23.4. The zero-order valence-electron chi connectivity index (χ0n) is 15.2. The van der Waals surface area contributed by atoms with Gasteiger partial charge in [-0.1, -0.05) is 30.3 Å². The molecule has 3 atom stereocenters. The van der Waals surface area contributed by atoms with Crippen molar-refractivity contribution in [3.8, 4) is 11.4 Å². The Balaban J connectivity index is 1.31. The second kappa shape index (κ2) is 7.72. The summed E-state index contributed by atoms with van der Waals surface area (Å²) in [7, 11) is 0. The van der Waals surface area contributed by atoms with Gasteiger partial charge in [0.1, 0.15) is 0 Å². The van der Waals surface area contributed by atoms with E-state index in [0.29, 0.717) is 34.4 Å². The number of rotatable bonds is 6. The van der Waals surface area contributed by atoms with E-state index < -0.39 is 0 Å². The third kappa shape index (κ3) is 4.32. The molecule has 0 radical (unpaired) electrons. The Labute approximate surface area is 162 Å². The molecule has 142 valence electrons. The van der Waals surface area contributed by atoms with Gasteiger partial charge in [0.2, 0.25) is 17.0 Å². The minimum Gasteiger partial charge on any atom is -0.352 e. The summed E-state index contributed by atoms with van der Waals surface area (Å²) in [5.74, 6) is 2.35. The number of anilines is 1. The first-order valence-corrected chi connectivity index (χ1v) is 10.3. The lowest BCUT2D eigenvalue weighted by Crippen LogP contribution is -2.39. The summed E-state index contributed by atoms with van der Waals surface area (Å²) in [5.41, 5.74) is 1.53. The smallest absolute Gasteiger partial charge is 0.230 e. The SMILES string of the molecule is CC(=O)Nc1cccc(-c2nc(SCC(=O)N[C@H]3C[C@H]4CC[C@@H]3C4)n[nH]2)c1. The number of aromatic nitrogens is 3. The molecule has 2 bridgehead atoms. The van der Waals surface area contributed by atoms with Crippen molar-refractivity contribution < 1.29 is 9.59 Å². The summed E-state index contributed by atoms with van der Waals surface area (Å²) in [6, 6.07) is 7.74. The molecule has 2 amide bonds. The van der Waals surface area contributed by atoms with Gasteiger partial charge >= 0.3 is 0 Å². The number of hydrogen-bond donors (Lipinski definition) is 3. The van der Waals surface area contributed by atoms with Crippen molar-refractivity contribution in [1.82, 2.24) is 20.5 Å². The molecule has 2 aliphatic rings. The lowest BCUT2D eigenvalue weighted by atomic mass is 9.95. The van der Waals surface area contributed by atoms with Gasteiger partial charge in [-0.2, -0.15) is 0 Å². The predicted octanol–water partition coefficient (Wildman–Crippen LogP) is 2.83. The molecule has 4 rings (SSSR count). The first-order chi connectivity index (χ1) is 13.1. The number of aromatic amines is 1. The van der Waals surface area contributed by atoms with E-state index in [1.54, 1.807) is 0 Å². The van der Waals surface area contributed by atoms with E-state index in [1.165, 1.54) is 37.9 Å². The Morgan fingerprint density at radius 3 is 2.93 bits per heavy atom. The maximum absolute atomic E-state index is 12.2. The first kappa shape index (κ1) is 18.0. The number of carbonyl (C=O) groups excluding carboxylic acids is 2. The van der Waals surface area contributed by atoms with Crippen LogP contribution in [0.3, 0.4) is 0 Å². The molecule has 7 nitrogen and oxygen atoms in total. The molecule has 2 saturated carbocycles. The fourth-order valence-electron chi connectivity index (χ4n) is 4.19. The van der Waals surface area contributed by atoms with Crippen molar-refractivity contribution in [3.05, 3.63) is 24.3 Å². The van der Waals surface area contributed by atoms with Gasteiger partial charge in [-0.3, -0.25) is 14.7 Å². The van der Waals surface area contributed by atoms with Crippen molar-refractivity contribution in [2.75, 3.05) is 11.1 Å². The number of H-pyrrole nitrogens is 1. The molecular weight excluding hydrogens is 362 g/mol. The van der Waals surface area contributed by atoms with Crippen LogP contribution in [0.2, 0.25) is 0 Å². The molecular formula is C19H23N5O2S. The van der Waals surface area contributed by atoms with E-state index in [0.717, 1.165) is 17.9 Å². The summed E-state index contributed by atoms with van der Waals surface area (Å²) < 4.78 is 0. The zero-order chi connectivity index (χ0) is 18.8. The third-order valence-corrected chi connectivity index (χ3v) is 6.19. The summed E-state index contributed by atoms with van der Waals surface area (Å²) in [5, 5.41) is 13.5. The van der Waals surface area contributed by atoms with Gasteiger partial charge in [-0.25, -0.2) is 4.98 Å². The molecule has 3 N–H and O–H groups in total. The number of benzene rings is 1. The van der Waals surface area contributed by atoms with E-state index in [9.17, 15) is 9.59 Å². The largest absolute Gasteiger partial charge is 0.352 e. The highest BCUT2D eigenvalue weighted by molar-refractivity contribution is 7.99. The van der Waals surface area contributed by atoms with Crippen molar-refractivity contribution in [3.63, 3.8) is 0 Å². The average Bonchev–Trinajstić information content (AvgIpc) is 3.36. The Morgan fingerprint density at radius 2 is 2.19 bits per heavy atom. The van der Waals surface area contributed by atoms with Crippen LogP contribution in [0.5, 0.6) is 0 Å². The Bertz CT molecular complexity index is 852. The van der Waals surface area contributed by atoms with Gasteiger partial charge < -0.3 is 10.6 Å². The molecule has 0 spiro atoms. The maximum atomic E-state index is 12.2. The number of nitrogens with one attached hydrogen (secondary N) is 3. The van der Waals surface area contributed by atoms with E-state index >= 15 is 0 Å². The molecule has 1 aromatic carbocycles. The van der Waals surface area contributed by atoms with Crippen LogP contribution in [0.1, 0.15) is 32.6 Å². The monoisotopic (exact) mass is 385 g/mol. The molecule has 2 aromatic rings. The molecule has 0 aliphatic heterocycles. The molecule has 27 heavy (non-hydrogen) atoms. The lowest BCUT2D eigenvalue weighted by Gasteiger charge is -2.22. The summed E-state index contributed by atoms with van der Waals surface area (Å²) in [6.07, 6.45) is 5.00. The van der Waals surface area contributed by atoms with Gasteiger partial charge in [0.25, 0.3) is 0 Å². The maximum Gasteiger partial charge on any atom is 0.230 e. The standard InChI is InChI=1S/C19H23N5O2S/c1-11(25)20-15-4-2-3-14(9-15)18-22-19(24-23-18)27-10-17(26)21-16-8-12-5-6-13(16)7-12/h2-4,9,12-13,16H,5-8,10H2,1H3,(H,20,25)(H,21,26)(H,22,23,24)/t12-,13+,16-/m0/s1. The first-order valence-electron chi connectivity index (χ1n) is 9.29. The lowest BCUT2D eigenvalue weighted by molar-refractivity contribution is -0.119. The number of carbonyl (C=O) groups is 2. The third-order valence-electron chi connectivity index (χ3n) is 5.34. The molecule has 1 heterocycles. The average molecular weight is 385 g/mol. The second-order valence-corrected chi connectivity index (χ2v) is 8.31. The molecule has 8 heteroatoms. The molecule has 2 fully saturated rings. The number of nitrogens with zero attached hydrogens (tertiary/aromatic N) is 2. The van der Waals surface area contributed by atoms with Crippen molar-refractivity contribution in [2.45, 2.75) is 43.8 Å². The Morgan fingerprint density at radius 1 is 1.30 bits per heavy atom. The van der Waals surface area contributed by atoms with Gasteiger partial charge in [-0.15, -0.1) is 5.10 Å². The van der Waals surface area contributed by atoms with Gasteiger partial charge in [0.15, 0.2) is 5.82 Å². The van der Waals surface area contributed by atoms with Crippen LogP contribution in [-0.4, -0.2) is 38.8 Å². The topological polar surface area (TPSA) is 99.8 Å². The summed E-state index contributed by atoms with van der Waals surface area (Å²) in [4.78, 5) is 27.9. The highest BCUT2D eigenvalue weighted by Gasteiger charge is 2.39. The van der Waals surface area contributed by atoms with Gasteiger partial charge in [0.05, 0.1) is 5.75 Å². The fourth-order valence-corrected chi connectivity index (χ4v) is 4.80. The Kier molecular flexibility index (Phi) is 5.15. The quantitative estimate of drug-likeness (QED) is 0.664. The molecule has 0 unspecified atom stereocenters. The van der Waals surface area contributed by atoms with Crippen molar-refractivity contribution >= 4 is 29.3 Å². The predicted molar refractivity (Wildman–Crippen MR) is 104 cm³/mol. The summed E-state index contributed by atoms with van der Waals surface area (Å²) in [6.45, 7) is 1.47. The fraction of sp³-hybridized carbons (Fsp3) is 0.474. The number of amides is 2. The zero-order valence-corrected chi connectivity index (χ0v) is 16.0. The molecule has 1 aromatic heterocycles. The van der Waals surface area contributed by atoms with Crippen LogP contribution in [0.25, 0.3) is 11.4 Å². The van der Waals surface area contributed by atoms with E-state index in [1.807, 2.05) is 24.3 Å². The number of thioether (sulfide) groups is 1. The van der Waals surface area contributed by atoms with Crippen LogP contribution in [0.4, 0.5) is 5.69 Å². The van der Waals surface area contributed by atoms with Crippen LogP contribution in [-0.2, 0) is 9.59 Å². The van der Waals surface area contributed by atoms with Crippen LogP contribution in [0.15, 0.2) is 29.4 Å². The Hall–Kier alpha value is -2.35. The van der Waals surface area contributed by atoms with E-state index in [4.69, 9.17) is 0 Å². The minimum atomic E-state index is -0.123. The minimum absolute atomic E-state index is 0.0524.